The van der Waals surface area contributed by atoms with Crippen molar-refractivity contribution in [1.29, 1.82) is 0 Å². The van der Waals surface area contributed by atoms with Crippen LogP contribution in [0.15, 0.2) is 53.5 Å². The van der Waals surface area contributed by atoms with Gasteiger partial charge in [0.15, 0.2) is 3.95 Å². The van der Waals surface area contributed by atoms with Gasteiger partial charge in [-0.2, -0.15) is 0 Å². The minimum Gasteiger partial charge on any atom is -0.493 e. The average Bonchev–Trinajstić information content (AvgIpc) is 3.09. The normalized spacial score (nSPS) is 14.3. The second-order valence-electron chi connectivity index (χ2n) is 5.61. The Morgan fingerprint density at radius 1 is 1.17 bits per heavy atom. The lowest BCUT2D eigenvalue weighted by Gasteiger charge is -2.04. The van der Waals surface area contributed by atoms with E-state index < -0.39 is 0 Å². The van der Waals surface area contributed by atoms with Gasteiger partial charge in [0.2, 0.25) is 5.88 Å². The summed E-state index contributed by atoms with van der Waals surface area (Å²) in [7, 11) is 0. The molecule has 0 spiro atoms. The number of aryl methyl sites for hydroxylation is 1. The first-order chi connectivity index (χ1) is 11.6. The smallest absolute Gasteiger partial charge is 0.215 e. The van der Waals surface area contributed by atoms with Gasteiger partial charge in [-0.15, -0.1) is 11.3 Å². The standard InChI is InChI=1S/C19H14N2OS2/c1-12-7-8-16-15(9-12)13(11-20-16)10-17-18(22)21(19(23)24-17)14-5-3-2-4-6-14/h2-11,22H,1H3. The monoisotopic (exact) mass is 350 g/mol. The van der Waals surface area contributed by atoms with Crippen LogP contribution in [0.2, 0.25) is 0 Å². The summed E-state index contributed by atoms with van der Waals surface area (Å²) in [5, 5.41) is 10.6. The maximum Gasteiger partial charge on any atom is 0.215 e. The molecule has 2 aromatic carbocycles. The summed E-state index contributed by atoms with van der Waals surface area (Å²) < 4.78 is 2.31. The van der Waals surface area contributed by atoms with E-state index in [-0.39, 0.29) is 5.88 Å². The Morgan fingerprint density at radius 2 is 1.96 bits per heavy atom. The first-order valence-corrected chi connectivity index (χ1v) is 8.73. The Kier molecular flexibility index (Phi) is 3.67. The van der Waals surface area contributed by atoms with E-state index in [1.807, 2.05) is 54.8 Å². The number of para-hydroxylation sites is 1. The van der Waals surface area contributed by atoms with E-state index in [9.17, 15) is 5.11 Å². The molecular formula is C19H14N2OS2. The highest BCUT2D eigenvalue weighted by Crippen LogP contribution is 2.37. The molecule has 0 bridgehead atoms. The molecule has 1 aliphatic heterocycles. The number of rotatable bonds is 2. The minimum atomic E-state index is 0.165. The molecule has 5 heteroatoms. The molecule has 3 aromatic rings. The van der Waals surface area contributed by atoms with Crippen LogP contribution in [0.4, 0.5) is 5.69 Å². The molecule has 2 heterocycles. The molecule has 0 aliphatic carbocycles. The molecular weight excluding hydrogens is 336 g/mol. The van der Waals surface area contributed by atoms with Gasteiger partial charge in [-0.05, 0) is 49.5 Å². The fraction of sp³-hybridized carbons (Fsp3) is 0.0526. The second-order valence-corrected chi connectivity index (χ2v) is 7.28. The third kappa shape index (κ3) is 2.52. The van der Waals surface area contributed by atoms with Gasteiger partial charge in [0, 0.05) is 17.4 Å². The Labute approximate surface area is 148 Å². The summed E-state index contributed by atoms with van der Waals surface area (Å²) in [6.07, 6.45) is 3.78. The molecule has 1 aliphatic rings. The van der Waals surface area contributed by atoms with Crippen molar-refractivity contribution in [3.05, 3.63) is 68.5 Å². The summed E-state index contributed by atoms with van der Waals surface area (Å²) in [4.78, 5) is 5.17. The first kappa shape index (κ1) is 15.1. The van der Waals surface area contributed by atoms with E-state index in [2.05, 4.69) is 18.0 Å². The first-order valence-electron chi connectivity index (χ1n) is 7.50. The zero-order valence-electron chi connectivity index (χ0n) is 12.9. The predicted molar refractivity (Wildman–Crippen MR) is 103 cm³/mol. The van der Waals surface area contributed by atoms with Crippen LogP contribution in [-0.2, 0) is 0 Å². The van der Waals surface area contributed by atoms with E-state index in [1.165, 1.54) is 16.9 Å². The number of aromatic hydroxyl groups is 1. The predicted octanol–water partition coefficient (Wildman–Crippen LogP) is 5.54. The third-order valence-electron chi connectivity index (χ3n) is 3.92. The van der Waals surface area contributed by atoms with Crippen LogP contribution in [0.3, 0.4) is 0 Å². The highest BCUT2D eigenvalue weighted by Gasteiger charge is 2.16. The number of aliphatic imine (C=N–C) groups is 1. The fourth-order valence-electron chi connectivity index (χ4n) is 2.74. The lowest BCUT2D eigenvalue weighted by molar-refractivity contribution is 0.441. The molecule has 0 atom stereocenters. The highest BCUT2D eigenvalue weighted by atomic mass is 32.1. The molecule has 0 amide bonds. The van der Waals surface area contributed by atoms with Gasteiger partial charge in [0.1, 0.15) is 0 Å². The Hall–Kier alpha value is -2.50. The number of nitrogens with zero attached hydrogens (tertiary/aromatic N) is 2. The summed E-state index contributed by atoms with van der Waals surface area (Å²) in [6.45, 7) is 2.06. The highest BCUT2D eigenvalue weighted by molar-refractivity contribution is 7.73. The van der Waals surface area contributed by atoms with Crippen molar-refractivity contribution in [2.45, 2.75) is 6.92 Å². The zero-order chi connectivity index (χ0) is 16.7. The number of allylic oxidation sites excluding steroid dienone is 1. The van der Waals surface area contributed by atoms with E-state index >= 15 is 0 Å². The van der Waals surface area contributed by atoms with Gasteiger partial charge in [-0.1, -0.05) is 29.8 Å². The number of benzene rings is 2. The number of hydrogen-bond acceptors (Lipinski definition) is 4. The average molecular weight is 350 g/mol. The molecule has 0 fully saturated rings. The van der Waals surface area contributed by atoms with Crippen LogP contribution >= 0.6 is 23.6 Å². The molecule has 4 rings (SSSR count). The largest absolute Gasteiger partial charge is 0.493 e. The molecule has 0 radical (unpaired) electrons. The van der Waals surface area contributed by atoms with Gasteiger partial charge in [-0.25, -0.2) is 0 Å². The molecule has 1 N–H and O–H groups in total. The van der Waals surface area contributed by atoms with E-state index in [1.54, 1.807) is 4.57 Å². The van der Waals surface area contributed by atoms with E-state index in [4.69, 9.17) is 12.2 Å². The van der Waals surface area contributed by atoms with Gasteiger partial charge in [0.05, 0.1) is 16.3 Å². The SMILES string of the molecule is Cc1ccc2c(c1)C(=Cc1sc(=S)n(-c3ccccc3)c1O)C=N2. The zero-order valence-corrected chi connectivity index (χ0v) is 14.6. The topological polar surface area (TPSA) is 37.5 Å². The molecule has 0 saturated heterocycles. The summed E-state index contributed by atoms with van der Waals surface area (Å²) in [6, 6.07) is 15.8. The van der Waals surface area contributed by atoms with Crippen molar-refractivity contribution < 1.29 is 5.11 Å². The number of hydrogen-bond donors (Lipinski definition) is 1. The molecule has 3 nitrogen and oxygen atoms in total. The Bertz CT molecular complexity index is 1040. The maximum atomic E-state index is 10.6. The van der Waals surface area contributed by atoms with Crippen molar-refractivity contribution >= 4 is 47.1 Å². The Balaban J connectivity index is 1.83. The fourth-order valence-corrected chi connectivity index (χ4v) is 4.04. The molecule has 0 unspecified atom stereocenters. The van der Waals surface area contributed by atoms with Crippen LogP contribution < -0.4 is 0 Å². The third-order valence-corrected chi connectivity index (χ3v) is 5.23. The van der Waals surface area contributed by atoms with Crippen LogP contribution in [-0.4, -0.2) is 15.9 Å². The van der Waals surface area contributed by atoms with Crippen molar-refractivity contribution in [2.75, 3.05) is 0 Å². The molecule has 118 valence electrons. The van der Waals surface area contributed by atoms with Gasteiger partial charge in [0.25, 0.3) is 0 Å². The van der Waals surface area contributed by atoms with Crippen LogP contribution in [0, 0.1) is 10.9 Å². The molecule has 1 aromatic heterocycles. The molecule has 0 saturated carbocycles. The van der Waals surface area contributed by atoms with Gasteiger partial charge >= 0.3 is 0 Å². The van der Waals surface area contributed by atoms with Crippen LogP contribution in [0.25, 0.3) is 17.3 Å². The number of aromatic nitrogens is 1. The summed E-state index contributed by atoms with van der Waals surface area (Å²) in [5.74, 6) is 0.165. The molecule has 24 heavy (non-hydrogen) atoms. The quantitative estimate of drug-likeness (QED) is 0.616. The minimum absolute atomic E-state index is 0.165. The van der Waals surface area contributed by atoms with Crippen LogP contribution in [0.1, 0.15) is 16.0 Å². The second kappa shape index (κ2) is 5.85. The van der Waals surface area contributed by atoms with E-state index in [0.717, 1.165) is 27.4 Å². The van der Waals surface area contributed by atoms with Crippen molar-refractivity contribution in [2.24, 2.45) is 4.99 Å². The van der Waals surface area contributed by atoms with Gasteiger partial charge < -0.3 is 5.11 Å². The van der Waals surface area contributed by atoms with Gasteiger partial charge in [-0.3, -0.25) is 9.56 Å². The van der Waals surface area contributed by atoms with Crippen molar-refractivity contribution in [1.82, 2.24) is 4.57 Å². The maximum absolute atomic E-state index is 10.6. The van der Waals surface area contributed by atoms with Crippen molar-refractivity contribution in [3.8, 4) is 11.6 Å². The lowest BCUT2D eigenvalue weighted by atomic mass is 10.0. The number of thiazole rings is 1. The lowest BCUT2D eigenvalue weighted by Crippen LogP contribution is -1.92. The summed E-state index contributed by atoms with van der Waals surface area (Å²) >= 11 is 6.83. The Morgan fingerprint density at radius 3 is 2.75 bits per heavy atom. The summed E-state index contributed by atoms with van der Waals surface area (Å²) in [5.41, 5.74) is 5.07. The van der Waals surface area contributed by atoms with E-state index in [0.29, 0.717) is 3.95 Å². The van der Waals surface area contributed by atoms with Crippen LogP contribution in [0.5, 0.6) is 5.88 Å². The number of fused-ring (bicyclic) bond motifs is 1. The van der Waals surface area contributed by atoms with Crippen molar-refractivity contribution in [3.63, 3.8) is 0 Å².